The van der Waals surface area contributed by atoms with Crippen molar-refractivity contribution in [2.24, 2.45) is 0 Å². The highest BCUT2D eigenvalue weighted by Gasteiger charge is 2.43. The Hall–Kier alpha value is -3.52. The summed E-state index contributed by atoms with van der Waals surface area (Å²) in [4.78, 5) is 21.7. The molecule has 1 amide bonds. The molecule has 1 aliphatic carbocycles. The Morgan fingerprint density at radius 3 is 2.50 bits per heavy atom. The summed E-state index contributed by atoms with van der Waals surface area (Å²) >= 11 is 0. The lowest BCUT2D eigenvalue weighted by atomic mass is 9.95. The van der Waals surface area contributed by atoms with E-state index in [1.165, 1.54) is 32.1 Å². The number of hydrogen-bond acceptors (Lipinski definition) is 9. The number of nitrogens with one attached hydrogen (secondary N) is 4. The summed E-state index contributed by atoms with van der Waals surface area (Å²) in [6, 6.07) is 8.15. The predicted octanol–water partition coefficient (Wildman–Crippen LogP) is 4.09. The van der Waals surface area contributed by atoms with Crippen LogP contribution in [0.4, 0.5) is 24.9 Å². The number of halogens is 3. The van der Waals surface area contributed by atoms with Gasteiger partial charge in [-0.1, -0.05) is 36.6 Å². The summed E-state index contributed by atoms with van der Waals surface area (Å²) in [5, 5.41) is 23.1. The van der Waals surface area contributed by atoms with Crippen molar-refractivity contribution >= 4 is 28.6 Å². The maximum atomic E-state index is 12.8. The van der Waals surface area contributed by atoms with E-state index in [-0.39, 0.29) is 19.1 Å². The summed E-state index contributed by atoms with van der Waals surface area (Å²) in [6.07, 6.45) is 6.67. The van der Waals surface area contributed by atoms with Crippen LogP contribution in [0.3, 0.4) is 0 Å². The molecule has 1 aromatic carbocycles. The molecule has 14 heteroatoms. The van der Waals surface area contributed by atoms with Crippen molar-refractivity contribution in [3.8, 4) is 0 Å². The van der Waals surface area contributed by atoms with E-state index in [1.54, 1.807) is 0 Å². The topological polar surface area (TPSA) is 125 Å². The number of benzene rings is 1. The number of alkyl halides is 3. The van der Waals surface area contributed by atoms with E-state index in [4.69, 9.17) is 0 Å². The van der Waals surface area contributed by atoms with Crippen LogP contribution < -0.4 is 21.3 Å². The average molecular weight is 617 g/mol. The van der Waals surface area contributed by atoms with Gasteiger partial charge in [0.05, 0.1) is 18.3 Å². The van der Waals surface area contributed by atoms with Gasteiger partial charge in [0.15, 0.2) is 0 Å². The van der Waals surface area contributed by atoms with Crippen molar-refractivity contribution in [2.75, 3.05) is 43.4 Å². The molecule has 44 heavy (non-hydrogen) atoms. The number of carbonyl (C=O) groups excluding carboxylic acids is 1. The lowest BCUT2D eigenvalue weighted by Gasteiger charge is -2.33. The predicted molar refractivity (Wildman–Crippen MR) is 163 cm³/mol. The molecule has 0 unspecified atom stereocenters. The fourth-order valence-electron chi connectivity index (χ4n) is 5.88. The number of aryl methyl sites for hydroxylation is 1. The van der Waals surface area contributed by atoms with Crippen molar-refractivity contribution in [3.63, 3.8) is 0 Å². The minimum Gasteiger partial charge on any atom is -0.367 e. The number of aromatic nitrogens is 5. The van der Waals surface area contributed by atoms with Crippen molar-refractivity contribution in [1.29, 1.82) is 0 Å². The first kappa shape index (κ1) is 31.9. The van der Waals surface area contributed by atoms with Crippen LogP contribution in [0.25, 0.3) is 10.9 Å². The molecule has 2 fully saturated rings. The zero-order chi connectivity index (χ0) is 30.8. The minimum absolute atomic E-state index is 0.0354. The van der Waals surface area contributed by atoms with Crippen LogP contribution in [-0.2, 0) is 17.9 Å². The van der Waals surface area contributed by atoms with Crippen molar-refractivity contribution in [1.82, 2.24) is 40.5 Å². The number of amides is 1. The first-order chi connectivity index (χ1) is 21.3. The number of anilines is 2. The average Bonchev–Trinajstić information content (AvgIpc) is 3.49. The second kappa shape index (κ2) is 15.5. The van der Waals surface area contributed by atoms with Crippen molar-refractivity contribution in [3.05, 3.63) is 36.2 Å². The van der Waals surface area contributed by atoms with Gasteiger partial charge in [0.2, 0.25) is 5.95 Å². The Morgan fingerprint density at radius 1 is 0.932 bits per heavy atom. The lowest BCUT2D eigenvalue weighted by Crippen LogP contribution is -2.47. The molecule has 1 saturated carbocycles. The Balaban J connectivity index is 1.05. The Bertz CT molecular complexity index is 1340. The summed E-state index contributed by atoms with van der Waals surface area (Å²) in [5.41, 5.74) is 1.50. The minimum atomic E-state index is -4.85. The molecule has 3 heterocycles. The van der Waals surface area contributed by atoms with Gasteiger partial charge in [-0.25, -0.2) is 4.98 Å². The van der Waals surface area contributed by atoms with Crippen LogP contribution >= 0.6 is 0 Å². The largest absolute Gasteiger partial charge is 0.471 e. The summed E-state index contributed by atoms with van der Waals surface area (Å²) in [7, 11) is 0. The van der Waals surface area contributed by atoms with Crippen LogP contribution in [0.2, 0.25) is 0 Å². The Morgan fingerprint density at radius 2 is 1.70 bits per heavy atom. The lowest BCUT2D eigenvalue weighted by molar-refractivity contribution is -0.186. The number of likely N-dealkylation sites (tertiary alicyclic amines) is 1. The molecule has 1 aliphatic heterocycles. The van der Waals surface area contributed by atoms with Gasteiger partial charge < -0.3 is 26.2 Å². The fourth-order valence-corrected chi connectivity index (χ4v) is 5.88. The van der Waals surface area contributed by atoms with Crippen molar-refractivity contribution in [2.45, 2.75) is 89.1 Å². The number of fused-ring (bicyclic) bond motifs is 1. The summed E-state index contributed by atoms with van der Waals surface area (Å²) in [5.74, 6) is -0.774. The van der Waals surface area contributed by atoms with E-state index in [0.29, 0.717) is 37.2 Å². The van der Waals surface area contributed by atoms with Crippen molar-refractivity contribution < 1.29 is 18.0 Å². The van der Waals surface area contributed by atoms with Crippen LogP contribution in [0, 0.1) is 0 Å². The number of hydrogen-bond donors (Lipinski definition) is 4. The molecule has 0 atom stereocenters. The number of para-hydroxylation sites is 1. The maximum absolute atomic E-state index is 12.8. The van der Waals surface area contributed by atoms with Crippen LogP contribution in [0.15, 0.2) is 30.5 Å². The zero-order valence-electron chi connectivity index (χ0n) is 25.1. The Labute approximate surface area is 255 Å². The standard InChI is InChI=1S/C30H43F3N10O/c31-30(32,33)28(44)42-18-12-23(13-19-42)37-27-25-10-4-5-11-26(25)38-29(39-27)36-20-24-21-43(41-40-24)17-7-15-34-14-6-16-35-22-8-2-1-3-9-22/h4-5,10-11,21-23,34-35H,1-3,6-9,12-20H2,(H2,36,37,38,39). The number of piperidine rings is 1. The quantitative estimate of drug-likeness (QED) is 0.198. The SMILES string of the molecule is O=C(N1CCC(Nc2nc(NCc3cn(CCCNCCCNC4CCCCC4)nn3)nc3ccccc23)CC1)C(F)(F)F. The third-order valence-electron chi connectivity index (χ3n) is 8.29. The van der Waals surface area contributed by atoms with E-state index in [9.17, 15) is 18.0 Å². The number of rotatable bonds is 14. The summed E-state index contributed by atoms with van der Waals surface area (Å²) < 4.78 is 40.3. The van der Waals surface area contributed by atoms with Crippen LogP contribution in [0.1, 0.15) is 63.5 Å². The molecular formula is C30H43F3N10O. The summed E-state index contributed by atoms with van der Waals surface area (Å²) in [6.45, 7) is 4.24. The third kappa shape index (κ3) is 9.24. The van der Waals surface area contributed by atoms with Gasteiger partial charge in [-0.3, -0.25) is 9.48 Å². The molecule has 4 N–H and O–H groups in total. The monoisotopic (exact) mass is 616 g/mol. The second-order valence-corrected chi connectivity index (χ2v) is 11.7. The molecule has 5 rings (SSSR count). The molecule has 1 saturated heterocycles. The number of nitrogens with zero attached hydrogens (tertiary/aromatic N) is 6. The molecule has 0 spiro atoms. The first-order valence-electron chi connectivity index (χ1n) is 15.8. The van der Waals surface area contributed by atoms with E-state index < -0.39 is 12.1 Å². The van der Waals surface area contributed by atoms with E-state index in [0.717, 1.165) is 60.5 Å². The fraction of sp³-hybridized carbons (Fsp3) is 0.633. The number of carbonyl (C=O) groups is 1. The van der Waals surface area contributed by atoms with Gasteiger partial charge >= 0.3 is 12.1 Å². The van der Waals surface area contributed by atoms with Gasteiger partial charge in [-0.15, -0.1) is 5.10 Å². The smallest absolute Gasteiger partial charge is 0.367 e. The maximum Gasteiger partial charge on any atom is 0.471 e. The second-order valence-electron chi connectivity index (χ2n) is 11.7. The molecule has 0 radical (unpaired) electrons. The van der Waals surface area contributed by atoms with Crippen LogP contribution in [0.5, 0.6) is 0 Å². The highest BCUT2D eigenvalue weighted by molar-refractivity contribution is 5.90. The third-order valence-corrected chi connectivity index (χ3v) is 8.29. The normalized spacial score (nSPS) is 16.8. The van der Waals surface area contributed by atoms with E-state index >= 15 is 0 Å². The Kier molecular flexibility index (Phi) is 11.2. The van der Waals surface area contributed by atoms with E-state index in [1.807, 2.05) is 35.1 Å². The molecular weight excluding hydrogens is 573 g/mol. The first-order valence-corrected chi connectivity index (χ1v) is 15.8. The van der Waals surface area contributed by atoms with Gasteiger partial charge in [0.25, 0.3) is 0 Å². The molecule has 240 valence electrons. The van der Waals surface area contributed by atoms with Gasteiger partial charge in [-0.2, -0.15) is 18.2 Å². The van der Waals surface area contributed by atoms with Crippen LogP contribution in [-0.4, -0.2) is 86.8 Å². The molecule has 3 aromatic rings. The van der Waals surface area contributed by atoms with Gasteiger partial charge in [0, 0.05) is 37.1 Å². The zero-order valence-corrected chi connectivity index (χ0v) is 25.1. The molecule has 2 aliphatic rings. The molecule has 0 bridgehead atoms. The highest BCUT2D eigenvalue weighted by atomic mass is 19.4. The van der Waals surface area contributed by atoms with Gasteiger partial charge in [-0.05, 0) is 70.3 Å². The molecule has 11 nitrogen and oxygen atoms in total. The molecule has 2 aromatic heterocycles. The highest BCUT2D eigenvalue weighted by Crippen LogP contribution is 2.26. The van der Waals surface area contributed by atoms with E-state index in [2.05, 4.69) is 41.5 Å². The van der Waals surface area contributed by atoms with Gasteiger partial charge in [0.1, 0.15) is 11.5 Å².